The van der Waals surface area contributed by atoms with Gasteiger partial charge in [0.1, 0.15) is 12.6 Å². The summed E-state index contributed by atoms with van der Waals surface area (Å²) in [7, 11) is 1.94. The number of carbonyl (C=O) groups is 1. The van der Waals surface area contributed by atoms with Crippen LogP contribution in [0, 0.1) is 0 Å². The van der Waals surface area contributed by atoms with Gasteiger partial charge in [0, 0.05) is 12.5 Å². The van der Waals surface area contributed by atoms with E-state index < -0.39 is 5.97 Å². The summed E-state index contributed by atoms with van der Waals surface area (Å²) in [5, 5.41) is 9.33. The van der Waals surface area contributed by atoms with Gasteiger partial charge in [-0.2, -0.15) is 0 Å². The highest BCUT2D eigenvalue weighted by atomic mass is 16.4. The van der Waals surface area contributed by atoms with Gasteiger partial charge < -0.3 is 5.11 Å². The maximum absolute atomic E-state index is 11.4. The molecule has 0 saturated heterocycles. The number of hydrogen-bond acceptors (Lipinski definition) is 1. The van der Waals surface area contributed by atoms with Crippen LogP contribution in [-0.4, -0.2) is 11.1 Å². The molecule has 0 atom stereocenters. The van der Waals surface area contributed by atoms with Crippen molar-refractivity contribution < 1.29 is 14.5 Å². The molecular weight excluding hydrogens is 370 g/mol. The number of unbranched alkanes of at least 4 members (excludes halogenated alkanes) is 17. The minimum atomic E-state index is -0.816. The van der Waals surface area contributed by atoms with Crippen LogP contribution in [0.25, 0.3) is 0 Å². The number of carboxylic acid groups (broad SMARTS) is 1. The van der Waals surface area contributed by atoms with Crippen molar-refractivity contribution >= 4 is 5.97 Å². The van der Waals surface area contributed by atoms with E-state index in [2.05, 4.69) is 6.92 Å². The number of carboxylic acids is 1. The summed E-state index contributed by atoms with van der Waals surface area (Å²) in [4.78, 5) is 11.4. The lowest BCUT2D eigenvalue weighted by Crippen LogP contribution is -2.35. The summed E-state index contributed by atoms with van der Waals surface area (Å²) >= 11 is 0. The minimum absolute atomic E-state index is 0.451. The van der Waals surface area contributed by atoms with E-state index in [1.165, 1.54) is 109 Å². The predicted molar refractivity (Wildman–Crippen MR) is 127 cm³/mol. The highest BCUT2D eigenvalue weighted by Crippen LogP contribution is 2.15. The van der Waals surface area contributed by atoms with Crippen molar-refractivity contribution in [1.82, 2.24) is 0 Å². The van der Waals surface area contributed by atoms with Gasteiger partial charge in [0.15, 0.2) is 11.9 Å². The molecule has 1 aromatic rings. The highest BCUT2D eigenvalue weighted by molar-refractivity contribution is 5.88. The number of hydrogen-bond donors (Lipinski definition) is 1. The van der Waals surface area contributed by atoms with Crippen molar-refractivity contribution in [3.05, 3.63) is 29.6 Å². The van der Waals surface area contributed by atoms with E-state index in [1.54, 1.807) is 6.07 Å². The average Bonchev–Trinajstić information content (AvgIpc) is 2.73. The molecule has 0 saturated carbocycles. The number of nitrogens with zero attached hydrogens (tertiary/aromatic N) is 1. The second-order valence-corrected chi connectivity index (χ2v) is 9.05. The third-order valence-corrected chi connectivity index (χ3v) is 6.31. The fraction of sp³-hybridized carbons (Fsp3) is 0.778. The molecule has 0 aliphatic heterocycles. The van der Waals surface area contributed by atoms with Gasteiger partial charge in [-0.3, -0.25) is 0 Å². The highest BCUT2D eigenvalue weighted by Gasteiger charge is 2.17. The molecule has 1 rings (SSSR count). The Bertz CT molecular complexity index is 556. The Morgan fingerprint density at radius 3 is 1.53 bits per heavy atom. The van der Waals surface area contributed by atoms with Crippen molar-refractivity contribution in [3.63, 3.8) is 0 Å². The van der Waals surface area contributed by atoms with E-state index in [0.717, 1.165) is 18.5 Å². The zero-order chi connectivity index (χ0) is 21.9. The molecule has 1 N–H and O–H groups in total. The van der Waals surface area contributed by atoms with Gasteiger partial charge in [-0.25, -0.2) is 9.36 Å². The van der Waals surface area contributed by atoms with Crippen LogP contribution in [0.4, 0.5) is 0 Å². The van der Waals surface area contributed by atoms with E-state index in [0.29, 0.717) is 5.56 Å². The van der Waals surface area contributed by atoms with Crippen LogP contribution in [-0.2, 0) is 13.5 Å². The first kappa shape index (κ1) is 26.7. The maximum atomic E-state index is 11.4. The Morgan fingerprint density at radius 1 is 0.733 bits per heavy atom. The second kappa shape index (κ2) is 18.4. The van der Waals surface area contributed by atoms with Gasteiger partial charge in [-0.1, -0.05) is 116 Å². The molecule has 0 aromatic carbocycles. The quantitative estimate of drug-likeness (QED) is 0.173. The van der Waals surface area contributed by atoms with Gasteiger partial charge in [0.2, 0.25) is 0 Å². The summed E-state index contributed by atoms with van der Waals surface area (Å²) in [5.74, 6) is -0.816. The van der Waals surface area contributed by atoms with Crippen LogP contribution in [0.2, 0.25) is 0 Å². The number of rotatable bonds is 20. The van der Waals surface area contributed by atoms with Crippen LogP contribution >= 0.6 is 0 Å². The molecule has 1 aromatic heterocycles. The van der Waals surface area contributed by atoms with Crippen LogP contribution in [0.15, 0.2) is 18.3 Å². The molecule has 1 heterocycles. The fourth-order valence-electron chi connectivity index (χ4n) is 4.34. The Balaban J connectivity index is 1.87. The third kappa shape index (κ3) is 13.0. The minimum Gasteiger partial charge on any atom is -0.477 e. The molecule has 0 bridgehead atoms. The normalized spacial score (nSPS) is 11.1. The van der Waals surface area contributed by atoms with Crippen molar-refractivity contribution in [1.29, 1.82) is 0 Å². The molecule has 0 unspecified atom stereocenters. The Kier molecular flexibility index (Phi) is 16.3. The summed E-state index contributed by atoms with van der Waals surface area (Å²) in [6.07, 6.45) is 27.5. The third-order valence-electron chi connectivity index (χ3n) is 6.31. The summed E-state index contributed by atoms with van der Waals surface area (Å²) in [5.41, 5.74) is 1.40. The maximum Gasteiger partial charge on any atom is 0.342 e. The number of pyridine rings is 1. The first-order chi connectivity index (χ1) is 14.7. The van der Waals surface area contributed by atoms with E-state index in [-0.39, 0.29) is 0 Å². The van der Waals surface area contributed by atoms with Crippen LogP contribution < -0.4 is 4.57 Å². The molecule has 0 aliphatic carbocycles. The summed E-state index contributed by atoms with van der Waals surface area (Å²) in [6.45, 7) is 2.28. The van der Waals surface area contributed by atoms with E-state index >= 15 is 0 Å². The number of aromatic nitrogens is 1. The largest absolute Gasteiger partial charge is 0.477 e. The Labute approximate surface area is 186 Å². The van der Waals surface area contributed by atoms with Gasteiger partial charge in [0.25, 0.3) is 0 Å². The first-order valence-corrected chi connectivity index (χ1v) is 12.9. The monoisotopic (exact) mass is 418 g/mol. The number of aryl methyl sites for hydroxylation is 1. The van der Waals surface area contributed by atoms with Gasteiger partial charge in [0.05, 0.1) is 0 Å². The molecule has 0 fully saturated rings. The lowest BCUT2D eigenvalue weighted by atomic mass is 10.0. The molecule has 30 heavy (non-hydrogen) atoms. The molecule has 0 radical (unpaired) electrons. The van der Waals surface area contributed by atoms with Crippen LogP contribution in [0.1, 0.15) is 139 Å². The smallest absolute Gasteiger partial charge is 0.342 e. The van der Waals surface area contributed by atoms with Crippen molar-refractivity contribution in [2.24, 2.45) is 7.05 Å². The van der Waals surface area contributed by atoms with Gasteiger partial charge in [-0.15, -0.1) is 0 Å². The topological polar surface area (TPSA) is 41.2 Å². The molecule has 0 aliphatic rings. The number of aromatic carboxylic acids is 1. The van der Waals surface area contributed by atoms with Gasteiger partial charge >= 0.3 is 5.97 Å². The SMILES string of the molecule is CCCCCCCCCCCCCCCCCCCCc1c(C(=O)O)ccc[n+]1C. The zero-order valence-electron chi connectivity index (χ0n) is 20.0. The molecule has 172 valence electrons. The average molecular weight is 419 g/mol. The van der Waals surface area contributed by atoms with Crippen molar-refractivity contribution in [2.75, 3.05) is 0 Å². The molecule has 0 amide bonds. The van der Waals surface area contributed by atoms with E-state index in [1.807, 2.05) is 23.9 Å². The lowest BCUT2D eigenvalue weighted by molar-refractivity contribution is -0.679. The van der Waals surface area contributed by atoms with E-state index in [4.69, 9.17) is 0 Å². The second-order valence-electron chi connectivity index (χ2n) is 9.05. The molecule has 0 spiro atoms. The van der Waals surface area contributed by atoms with Gasteiger partial charge in [-0.05, 0) is 12.5 Å². The molecule has 3 heteroatoms. The fourth-order valence-corrected chi connectivity index (χ4v) is 4.34. The summed E-state index contributed by atoms with van der Waals surface area (Å²) in [6, 6.07) is 3.52. The lowest BCUT2D eigenvalue weighted by Gasteiger charge is -2.05. The zero-order valence-corrected chi connectivity index (χ0v) is 20.0. The Hall–Kier alpha value is -1.38. The molecule has 3 nitrogen and oxygen atoms in total. The first-order valence-electron chi connectivity index (χ1n) is 12.9. The van der Waals surface area contributed by atoms with Crippen molar-refractivity contribution in [3.8, 4) is 0 Å². The van der Waals surface area contributed by atoms with Crippen molar-refractivity contribution in [2.45, 2.75) is 129 Å². The standard InChI is InChI=1S/C27H47NO2/c1-3-4-5-6-7-8-9-10-11-12-13-14-15-16-17-18-19-20-23-26-25(27(29)30)22-21-24-28(26)2/h21-22,24H,3-20,23H2,1-2H3/p+1. The molecular formula is C27H48NO2+. The van der Waals surface area contributed by atoms with E-state index in [9.17, 15) is 9.90 Å². The Morgan fingerprint density at radius 2 is 1.13 bits per heavy atom. The summed E-state index contributed by atoms with van der Waals surface area (Å²) < 4.78 is 1.96. The predicted octanol–water partition coefficient (Wildman–Crippen LogP) is 7.79. The van der Waals surface area contributed by atoms with Crippen LogP contribution in [0.5, 0.6) is 0 Å². The van der Waals surface area contributed by atoms with Crippen LogP contribution in [0.3, 0.4) is 0 Å².